The van der Waals surface area contributed by atoms with Gasteiger partial charge >= 0.3 is 0 Å². The van der Waals surface area contributed by atoms with Crippen LogP contribution in [0.2, 0.25) is 0 Å². The van der Waals surface area contributed by atoms with Crippen LogP contribution in [-0.2, 0) is 0 Å². The number of hydrogen-bond acceptors (Lipinski definition) is 2. The molecule has 0 atom stereocenters. The van der Waals surface area contributed by atoms with E-state index in [0.29, 0.717) is 0 Å². The molecule has 15 heavy (non-hydrogen) atoms. The molecule has 0 radical (unpaired) electrons. The van der Waals surface area contributed by atoms with Gasteiger partial charge in [-0.25, -0.2) is 0 Å². The van der Waals surface area contributed by atoms with Crippen LogP contribution < -0.4 is 5.11 Å². The third kappa shape index (κ3) is 13.2. The molecule has 0 saturated heterocycles. The molecule has 0 rings (SSSR count). The maximum atomic E-state index is 8.44. The molecular formula is C11H25NO3. The summed E-state index contributed by atoms with van der Waals surface area (Å²) in [7, 11) is 2.39. The molecule has 0 spiro atoms. The lowest BCUT2D eigenvalue weighted by atomic mass is 10.2. The van der Waals surface area contributed by atoms with Crippen molar-refractivity contribution in [2.75, 3.05) is 26.7 Å². The van der Waals surface area contributed by atoms with Crippen molar-refractivity contribution >= 4 is 6.16 Å². The quantitative estimate of drug-likeness (QED) is 0.689. The van der Waals surface area contributed by atoms with Crippen LogP contribution in [0.4, 0.5) is 4.79 Å². The van der Waals surface area contributed by atoms with Crippen LogP contribution in [0, 0.1) is 0 Å². The summed E-state index contributed by atoms with van der Waals surface area (Å²) >= 11 is 0. The first-order valence-corrected chi connectivity index (χ1v) is 5.65. The molecule has 92 valence electrons. The SMILES string of the molecule is CCC[N+](C)(CCC)CCC.O=C([O-])O. The standard InChI is InChI=1S/C10H24N.CH2O3/c1-5-8-11(4,9-6-2)10-7-3;2-1(3)4/h5-10H2,1-4H3;(H2,2,3,4)/q+1;/p-1. The van der Waals surface area contributed by atoms with Crippen LogP contribution in [0.25, 0.3) is 0 Å². The molecule has 0 aromatic rings. The third-order valence-corrected chi connectivity index (χ3v) is 2.29. The van der Waals surface area contributed by atoms with Crippen molar-refractivity contribution in [3.63, 3.8) is 0 Å². The largest absolute Gasteiger partial charge is 0.565 e. The van der Waals surface area contributed by atoms with Crippen molar-refractivity contribution in [2.45, 2.75) is 40.0 Å². The van der Waals surface area contributed by atoms with Gasteiger partial charge in [0.15, 0.2) is 0 Å². The molecule has 0 aliphatic rings. The van der Waals surface area contributed by atoms with Crippen molar-refractivity contribution in [2.24, 2.45) is 0 Å². The van der Waals surface area contributed by atoms with Crippen LogP contribution in [0.3, 0.4) is 0 Å². The molecule has 0 amide bonds. The van der Waals surface area contributed by atoms with E-state index < -0.39 is 6.16 Å². The zero-order chi connectivity index (χ0) is 12.3. The molecule has 4 heteroatoms. The Kier molecular flexibility index (Phi) is 10.8. The highest BCUT2D eigenvalue weighted by atomic mass is 16.6. The lowest BCUT2D eigenvalue weighted by molar-refractivity contribution is -0.909. The Morgan fingerprint density at radius 1 is 1.07 bits per heavy atom. The predicted molar refractivity (Wildman–Crippen MR) is 59.7 cm³/mol. The lowest BCUT2D eigenvalue weighted by Gasteiger charge is -2.33. The van der Waals surface area contributed by atoms with Gasteiger partial charge in [0.25, 0.3) is 0 Å². The van der Waals surface area contributed by atoms with E-state index in [9.17, 15) is 0 Å². The van der Waals surface area contributed by atoms with Crippen molar-refractivity contribution in [1.29, 1.82) is 0 Å². The van der Waals surface area contributed by atoms with Gasteiger partial charge in [-0.05, 0) is 19.3 Å². The topological polar surface area (TPSA) is 60.4 Å². The monoisotopic (exact) mass is 219 g/mol. The minimum absolute atomic E-state index is 1.28. The van der Waals surface area contributed by atoms with Crippen molar-refractivity contribution in [3.8, 4) is 0 Å². The van der Waals surface area contributed by atoms with E-state index in [4.69, 9.17) is 15.0 Å². The van der Waals surface area contributed by atoms with Crippen LogP contribution in [0.5, 0.6) is 0 Å². The van der Waals surface area contributed by atoms with Gasteiger partial charge in [0.2, 0.25) is 6.16 Å². The molecule has 0 fully saturated rings. The van der Waals surface area contributed by atoms with Crippen molar-refractivity contribution < 1.29 is 19.5 Å². The fraction of sp³-hybridized carbons (Fsp3) is 0.909. The molecular weight excluding hydrogens is 194 g/mol. The lowest BCUT2D eigenvalue weighted by Crippen LogP contribution is -2.45. The van der Waals surface area contributed by atoms with Crippen LogP contribution in [-0.4, -0.2) is 42.4 Å². The Morgan fingerprint density at radius 3 is 1.40 bits per heavy atom. The van der Waals surface area contributed by atoms with Gasteiger partial charge < -0.3 is 19.5 Å². The summed E-state index contributed by atoms with van der Waals surface area (Å²) in [6, 6.07) is 0. The molecule has 0 unspecified atom stereocenters. The van der Waals surface area contributed by atoms with E-state index in [2.05, 4.69) is 27.8 Å². The van der Waals surface area contributed by atoms with Gasteiger partial charge in [0.1, 0.15) is 0 Å². The fourth-order valence-electron chi connectivity index (χ4n) is 1.95. The smallest absolute Gasteiger partial charge is 0.249 e. The van der Waals surface area contributed by atoms with E-state index in [1.807, 2.05) is 0 Å². The second kappa shape index (κ2) is 9.77. The summed E-state index contributed by atoms with van der Waals surface area (Å²) in [5, 5.41) is 15.3. The number of quaternary nitrogens is 1. The summed E-state index contributed by atoms with van der Waals surface area (Å²) in [4.78, 5) is 8.44. The Balaban J connectivity index is 0. The molecule has 0 aromatic carbocycles. The number of rotatable bonds is 6. The Hall–Kier alpha value is -0.770. The van der Waals surface area contributed by atoms with Crippen LogP contribution in [0.1, 0.15) is 40.0 Å². The Bertz CT molecular complexity index is 139. The average Bonchev–Trinajstić information content (AvgIpc) is 2.03. The van der Waals surface area contributed by atoms with E-state index in [1.165, 1.54) is 43.4 Å². The average molecular weight is 219 g/mol. The number of carbonyl (C=O) groups is 1. The summed E-state index contributed by atoms with van der Waals surface area (Å²) in [5.41, 5.74) is 0. The second-order valence-corrected chi connectivity index (χ2v) is 4.06. The normalized spacial score (nSPS) is 10.4. The van der Waals surface area contributed by atoms with Crippen LogP contribution >= 0.6 is 0 Å². The molecule has 0 saturated carbocycles. The minimum Gasteiger partial charge on any atom is -0.565 e. The van der Waals surface area contributed by atoms with E-state index in [1.54, 1.807) is 0 Å². The maximum absolute atomic E-state index is 8.44. The highest BCUT2D eigenvalue weighted by Crippen LogP contribution is 2.06. The Labute approximate surface area is 93.1 Å². The summed E-state index contributed by atoms with van der Waals surface area (Å²) in [6.07, 6.45) is 1.86. The molecule has 0 aromatic heterocycles. The fourth-order valence-corrected chi connectivity index (χ4v) is 1.95. The first-order valence-electron chi connectivity index (χ1n) is 5.65. The zero-order valence-corrected chi connectivity index (χ0v) is 10.5. The molecule has 0 aliphatic heterocycles. The van der Waals surface area contributed by atoms with E-state index in [0.717, 1.165) is 0 Å². The molecule has 4 nitrogen and oxygen atoms in total. The number of nitrogens with zero attached hydrogens (tertiary/aromatic N) is 1. The van der Waals surface area contributed by atoms with E-state index >= 15 is 0 Å². The van der Waals surface area contributed by atoms with Gasteiger partial charge in [-0.15, -0.1) is 0 Å². The van der Waals surface area contributed by atoms with Gasteiger partial charge in [-0.2, -0.15) is 0 Å². The zero-order valence-electron chi connectivity index (χ0n) is 10.5. The highest BCUT2D eigenvalue weighted by Gasteiger charge is 2.16. The molecule has 0 aliphatic carbocycles. The summed E-state index contributed by atoms with van der Waals surface area (Å²) < 4.78 is 1.28. The van der Waals surface area contributed by atoms with Gasteiger partial charge in [-0.3, -0.25) is 0 Å². The second-order valence-electron chi connectivity index (χ2n) is 4.06. The summed E-state index contributed by atoms with van der Waals surface area (Å²) in [5.74, 6) is 0. The molecule has 0 bridgehead atoms. The number of carboxylic acid groups (broad SMARTS) is 2. The number of hydrogen-bond donors (Lipinski definition) is 1. The maximum Gasteiger partial charge on any atom is 0.249 e. The van der Waals surface area contributed by atoms with E-state index in [-0.39, 0.29) is 0 Å². The third-order valence-electron chi connectivity index (χ3n) is 2.29. The Morgan fingerprint density at radius 2 is 1.27 bits per heavy atom. The summed E-state index contributed by atoms with van der Waals surface area (Å²) in [6.45, 7) is 10.9. The highest BCUT2D eigenvalue weighted by molar-refractivity contribution is 5.50. The first kappa shape index (κ1) is 16.7. The van der Waals surface area contributed by atoms with Gasteiger partial charge in [-0.1, -0.05) is 20.8 Å². The first-order chi connectivity index (χ1) is 6.91. The van der Waals surface area contributed by atoms with Crippen LogP contribution in [0.15, 0.2) is 0 Å². The van der Waals surface area contributed by atoms with Crippen molar-refractivity contribution in [3.05, 3.63) is 0 Å². The predicted octanol–water partition coefficient (Wildman–Crippen LogP) is 1.55. The van der Waals surface area contributed by atoms with Gasteiger partial charge in [0.05, 0.1) is 26.7 Å². The molecule has 0 heterocycles. The van der Waals surface area contributed by atoms with Gasteiger partial charge in [0, 0.05) is 0 Å². The minimum atomic E-state index is -2.08. The van der Waals surface area contributed by atoms with Crippen molar-refractivity contribution in [1.82, 2.24) is 0 Å². The molecule has 1 N–H and O–H groups in total.